The fourth-order valence-corrected chi connectivity index (χ4v) is 3.02. The SMILES string of the molecule is CC1=CCP(C)(=O)C1. The molecule has 0 saturated carbocycles. The highest BCUT2D eigenvalue weighted by atomic mass is 31.2. The Balaban J connectivity index is 2.69. The van der Waals surface area contributed by atoms with Crippen LogP contribution < -0.4 is 0 Å². The van der Waals surface area contributed by atoms with E-state index in [1.54, 1.807) is 0 Å². The average molecular weight is 130 g/mol. The summed E-state index contributed by atoms with van der Waals surface area (Å²) in [6.45, 7) is 3.92. The molecule has 1 rings (SSSR count). The van der Waals surface area contributed by atoms with E-state index in [2.05, 4.69) is 6.08 Å². The number of hydrogen-bond donors (Lipinski definition) is 0. The molecule has 0 aromatic carbocycles. The molecule has 1 aliphatic rings. The van der Waals surface area contributed by atoms with Gasteiger partial charge in [-0.2, -0.15) is 0 Å². The highest BCUT2D eigenvalue weighted by Gasteiger charge is 2.19. The molecule has 0 spiro atoms. The lowest BCUT2D eigenvalue weighted by molar-refractivity contribution is 0.583. The first-order valence-electron chi connectivity index (χ1n) is 2.81. The third kappa shape index (κ3) is 1.23. The zero-order valence-electron chi connectivity index (χ0n) is 5.35. The predicted octanol–water partition coefficient (Wildman–Crippen LogP) is 1.94. The molecule has 0 saturated heterocycles. The van der Waals surface area contributed by atoms with Crippen molar-refractivity contribution in [3.05, 3.63) is 11.6 Å². The van der Waals surface area contributed by atoms with Crippen LogP contribution in [0.3, 0.4) is 0 Å². The van der Waals surface area contributed by atoms with Crippen molar-refractivity contribution in [2.75, 3.05) is 19.0 Å². The van der Waals surface area contributed by atoms with Crippen LogP contribution in [-0.2, 0) is 4.57 Å². The Morgan fingerprint density at radius 1 is 1.75 bits per heavy atom. The van der Waals surface area contributed by atoms with E-state index < -0.39 is 7.14 Å². The summed E-state index contributed by atoms with van der Waals surface area (Å²) in [6.07, 6.45) is 3.77. The molecule has 0 bridgehead atoms. The van der Waals surface area contributed by atoms with Gasteiger partial charge in [0, 0.05) is 12.3 Å². The number of hydrogen-bond acceptors (Lipinski definition) is 1. The lowest BCUT2D eigenvalue weighted by Gasteiger charge is -1.99. The second kappa shape index (κ2) is 1.73. The van der Waals surface area contributed by atoms with Crippen LogP contribution in [0.4, 0.5) is 0 Å². The summed E-state index contributed by atoms with van der Waals surface area (Å²) in [5, 5.41) is 0. The van der Waals surface area contributed by atoms with E-state index in [0.29, 0.717) is 0 Å². The van der Waals surface area contributed by atoms with Gasteiger partial charge in [0.05, 0.1) is 7.14 Å². The Hall–Kier alpha value is -0.0300. The first-order valence-corrected chi connectivity index (χ1v) is 5.34. The molecule has 0 amide bonds. The van der Waals surface area contributed by atoms with E-state index in [1.165, 1.54) is 5.57 Å². The molecule has 1 aliphatic heterocycles. The topological polar surface area (TPSA) is 17.1 Å². The monoisotopic (exact) mass is 130 g/mol. The van der Waals surface area contributed by atoms with Crippen molar-refractivity contribution < 1.29 is 4.57 Å². The van der Waals surface area contributed by atoms with Gasteiger partial charge in [-0.25, -0.2) is 0 Å². The predicted molar refractivity (Wildman–Crippen MR) is 37.0 cm³/mol. The summed E-state index contributed by atoms with van der Waals surface area (Å²) < 4.78 is 11.2. The van der Waals surface area contributed by atoms with Crippen LogP contribution in [-0.4, -0.2) is 19.0 Å². The molecule has 1 nitrogen and oxygen atoms in total. The lowest BCUT2D eigenvalue weighted by Crippen LogP contribution is -1.80. The molecular weight excluding hydrogens is 119 g/mol. The summed E-state index contributed by atoms with van der Waals surface area (Å²) in [4.78, 5) is 0. The maximum atomic E-state index is 11.2. The van der Waals surface area contributed by atoms with Crippen LogP contribution in [0.15, 0.2) is 11.6 Å². The normalized spacial score (nSPS) is 37.5. The first kappa shape index (κ1) is 6.10. The van der Waals surface area contributed by atoms with Gasteiger partial charge in [0.25, 0.3) is 0 Å². The maximum Gasteiger partial charge on any atom is 0.0922 e. The summed E-state index contributed by atoms with van der Waals surface area (Å²) in [5.41, 5.74) is 1.30. The molecule has 0 aromatic rings. The molecule has 2 heteroatoms. The molecule has 0 aliphatic carbocycles. The highest BCUT2D eigenvalue weighted by Crippen LogP contribution is 2.47. The van der Waals surface area contributed by atoms with Crippen molar-refractivity contribution in [1.29, 1.82) is 0 Å². The van der Waals surface area contributed by atoms with Crippen molar-refractivity contribution in [2.24, 2.45) is 0 Å². The molecule has 8 heavy (non-hydrogen) atoms. The van der Waals surface area contributed by atoms with E-state index in [-0.39, 0.29) is 0 Å². The Bertz CT molecular complexity index is 169. The minimum atomic E-state index is -1.69. The van der Waals surface area contributed by atoms with Crippen molar-refractivity contribution in [3.63, 3.8) is 0 Å². The van der Waals surface area contributed by atoms with Gasteiger partial charge < -0.3 is 4.57 Å². The van der Waals surface area contributed by atoms with Gasteiger partial charge in [-0.3, -0.25) is 0 Å². The second-order valence-electron chi connectivity index (χ2n) is 2.69. The van der Waals surface area contributed by atoms with Crippen molar-refractivity contribution in [3.8, 4) is 0 Å². The Kier molecular flexibility index (Phi) is 1.32. The minimum absolute atomic E-state index is 0.832. The average Bonchev–Trinajstić information content (AvgIpc) is 1.82. The standard InChI is InChI=1S/C6H11OP/c1-6-3-4-8(2,7)5-6/h3H,4-5H2,1-2H3. The zero-order valence-corrected chi connectivity index (χ0v) is 6.24. The Morgan fingerprint density at radius 3 is 2.50 bits per heavy atom. The largest absolute Gasteiger partial charge is 0.323 e. The summed E-state index contributed by atoms with van der Waals surface area (Å²) in [6, 6.07) is 0. The van der Waals surface area contributed by atoms with Crippen LogP contribution in [0.1, 0.15) is 6.92 Å². The van der Waals surface area contributed by atoms with Gasteiger partial charge in [0.2, 0.25) is 0 Å². The van der Waals surface area contributed by atoms with Crippen LogP contribution in [0.2, 0.25) is 0 Å². The molecule has 46 valence electrons. The zero-order chi connectivity index (χ0) is 6.20. The van der Waals surface area contributed by atoms with Crippen LogP contribution >= 0.6 is 7.14 Å². The first-order chi connectivity index (χ1) is 3.60. The van der Waals surface area contributed by atoms with Crippen LogP contribution in [0.25, 0.3) is 0 Å². The summed E-state index contributed by atoms with van der Waals surface area (Å²) in [7, 11) is -1.69. The second-order valence-corrected chi connectivity index (χ2v) is 5.96. The third-order valence-electron chi connectivity index (χ3n) is 1.41. The fraction of sp³-hybridized carbons (Fsp3) is 0.667. The van der Waals surface area contributed by atoms with Crippen LogP contribution in [0.5, 0.6) is 0 Å². The fourth-order valence-electron chi connectivity index (χ4n) is 1.01. The molecule has 0 aromatic heterocycles. The van der Waals surface area contributed by atoms with Crippen molar-refractivity contribution in [2.45, 2.75) is 6.92 Å². The Morgan fingerprint density at radius 2 is 2.38 bits per heavy atom. The van der Waals surface area contributed by atoms with Crippen LogP contribution in [0, 0.1) is 0 Å². The minimum Gasteiger partial charge on any atom is -0.323 e. The smallest absolute Gasteiger partial charge is 0.0922 e. The van der Waals surface area contributed by atoms with E-state index >= 15 is 0 Å². The molecule has 0 radical (unpaired) electrons. The molecule has 1 atom stereocenters. The molecule has 1 heterocycles. The van der Waals surface area contributed by atoms with Crippen molar-refractivity contribution >= 4 is 7.14 Å². The Labute approximate surface area is 50.2 Å². The number of allylic oxidation sites excluding steroid dienone is 2. The van der Waals surface area contributed by atoms with E-state index in [0.717, 1.165) is 12.3 Å². The molecular formula is C6H11OP. The quantitative estimate of drug-likeness (QED) is 0.361. The maximum absolute atomic E-state index is 11.2. The van der Waals surface area contributed by atoms with E-state index in [4.69, 9.17) is 0 Å². The van der Waals surface area contributed by atoms with E-state index in [1.807, 2.05) is 13.6 Å². The highest BCUT2D eigenvalue weighted by molar-refractivity contribution is 7.63. The molecule has 0 N–H and O–H groups in total. The van der Waals surface area contributed by atoms with Gasteiger partial charge in [-0.05, 0) is 13.6 Å². The molecule has 0 fully saturated rings. The van der Waals surface area contributed by atoms with Crippen molar-refractivity contribution in [1.82, 2.24) is 0 Å². The van der Waals surface area contributed by atoms with Gasteiger partial charge in [0.15, 0.2) is 0 Å². The van der Waals surface area contributed by atoms with Gasteiger partial charge in [0.1, 0.15) is 0 Å². The van der Waals surface area contributed by atoms with E-state index in [9.17, 15) is 4.57 Å². The molecule has 1 unspecified atom stereocenters. The van der Waals surface area contributed by atoms with Gasteiger partial charge in [-0.1, -0.05) is 11.6 Å². The summed E-state index contributed by atoms with van der Waals surface area (Å²) >= 11 is 0. The van der Waals surface area contributed by atoms with Gasteiger partial charge in [-0.15, -0.1) is 0 Å². The lowest BCUT2D eigenvalue weighted by atomic mass is 10.3. The third-order valence-corrected chi connectivity index (χ3v) is 3.53. The number of rotatable bonds is 0. The van der Waals surface area contributed by atoms with Gasteiger partial charge >= 0.3 is 0 Å². The summed E-state index contributed by atoms with van der Waals surface area (Å²) in [5.74, 6) is 0.